The van der Waals surface area contributed by atoms with Gasteiger partial charge in [-0.1, -0.05) is 6.92 Å². The van der Waals surface area contributed by atoms with E-state index in [0.717, 1.165) is 37.7 Å². The summed E-state index contributed by atoms with van der Waals surface area (Å²) in [4.78, 5) is 14.1. The van der Waals surface area contributed by atoms with E-state index in [2.05, 4.69) is 12.2 Å². The molecule has 0 aromatic rings. The molecule has 0 bridgehead atoms. The van der Waals surface area contributed by atoms with Crippen molar-refractivity contribution in [3.05, 3.63) is 0 Å². The van der Waals surface area contributed by atoms with Crippen LogP contribution in [-0.2, 0) is 4.79 Å². The van der Waals surface area contributed by atoms with Crippen LogP contribution in [0, 0.1) is 11.8 Å². The molecule has 15 heavy (non-hydrogen) atoms. The van der Waals surface area contributed by atoms with Gasteiger partial charge in [0, 0.05) is 30.5 Å². The number of nitrogens with zero attached hydrogens (tertiary/aromatic N) is 1. The summed E-state index contributed by atoms with van der Waals surface area (Å²) in [6, 6.07) is 0. The predicted octanol–water partition coefficient (Wildman–Crippen LogP) is 0.839. The van der Waals surface area contributed by atoms with Crippen LogP contribution in [0.25, 0.3) is 0 Å². The molecule has 0 radical (unpaired) electrons. The number of halogens is 1. The van der Waals surface area contributed by atoms with Crippen molar-refractivity contribution in [1.29, 1.82) is 0 Å². The average molecular weight is 251 g/mol. The van der Waals surface area contributed by atoms with Crippen LogP contribution in [0.4, 0.5) is 0 Å². The molecule has 0 aromatic heterocycles. The standard InChI is InChI=1S/C10H18N2OS.ClH/c1-8(9-6-11-7-9)10(13)12-2-4-14-5-3-12;/h8-9,11H,2-7H2,1H3;1H. The largest absolute Gasteiger partial charge is 0.341 e. The van der Waals surface area contributed by atoms with E-state index in [1.807, 2.05) is 16.7 Å². The van der Waals surface area contributed by atoms with Crippen molar-refractivity contribution < 1.29 is 4.79 Å². The molecule has 1 amide bonds. The van der Waals surface area contributed by atoms with Crippen molar-refractivity contribution in [2.24, 2.45) is 11.8 Å². The number of nitrogens with one attached hydrogen (secondary N) is 1. The summed E-state index contributed by atoms with van der Waals surface area (Å²) in [6.45, 7) is 6.03. The Morgan fingerprint density at radius 2 is 2.00 bits per heavy atom. The number of hydrogen-bond donors (Lipinski definition) is 1. The van der Waals surface area contributed by atoms with E-state index in [9.17, 15) is 4.79 Å². The molecule has 88 valence electrons. The second kappa shape index (κ2) is 5.97. The number of carbonyl (C=O) groups is 1. The molecule has 1 unspecified atom stereocenters. The average Bonchev–Trinajstić information content (AvgIpc) is 2.15. The van der Waals surface area contributed by atoms with Gasteiger partial charge in [-0.2, -0.15) is 11.8 Å². The lowest BCUT2D eigenvalue weighted by Gasteiger charge is -2.36. The molecule has 3 nitrogen and oxygen atoms in total. The Hall–Kier alpha value is 0.0700. The fourth-order valence-electron chi connectivity index (χ4n) is 1.94. The lowest BCUT2D eigenvalue weighted by molar-refractivity contribution is -0.137. The second-order valence-corrected chi connectivity index (χ2v) is 5.37. The summed E-state index contributed by atoms with van der Waals surface area (Å²) < 4.78 is 0. The Bertz CT molecular complexity index is 213. The van der Waals surface area contributed by atoms with Gasteiger partial charge < -0.3 is 10.2 Å². The zero-order valence-electron chi connectivity index (χ0n) is 9.07. The molecule has 2 aliphatic rings. The summed E-state index contributed by atoms with van der Waals surface area (Å²) in [6.07, 6.45) is 0. The number of hydrogen-bond acceptors (Lipinski definition) is 3. The fourth-order valence-corrected chi connectivity index (χ4v) is 2.84. The number of amides is 1. The van der Waals surface area contributed by atoms with Gasteiger partial charge in [-0.3, -0.25) is 4.79 Å². The molecular weight excluding hydrogens is 232 g/mol. The van der Waals surface area contributed by atoms with E-state index < -0.39 is 0 Å². The van der Waals surface area contributed by atoms with Gasteiger partial charge in [0.05, 0.1) is 0 Å². The zero-order chi connectivity index (χ0) is 9.97. The van der Waals surface area contributed by atoms with Crippen molar-refractivity contribution >= 4 is 30.1 Å². The lowest BCUT2D eigenvalue weighted by Crippen LogP contribution is -2.51. The van der Waals surface area contributed by atoms with E-state index in [-0.39, 0.29) is 18.3 Å². The molecule has 2 heterocycles. The second-order valence-electron chi connectivity index (χ2n) is 4.14. The highest BCUT2D eigenvalue weighted by Crippen LogP contribution is 2.20. The molecule has 1 atom stereocenters. The van der Waals surface area contributed by atoms with Crippen LogP contribution in [-0.4, -0.2) is 48.5 Å². The first-order valence-corrected chi connectivity index (χ1v) is 6.52. The summed E-state index contributed by atoms with van der Waals surface area (Å²) in [5.41, 5.74) is 0. The van der Waals surface area contributed by atoms with Gasteiger partial charge in [0.25, 0.3) is 0 Å². The Labute approximate surface area is 102 Å². The maximum atomic E-state index is 12.0. The third-order valence-corrected chi connectivity index (χ3v) is 4.17. The number of rotatable bonds is 2. The zero-order valence-corrected chi connectivity index (χ0v) is 10.7. The highest BCUT2D eigenvalue weighted by atomic mass is 35.5. The molecule has 2 rings (SSSR count). The van der Waals surface area contributed by atoms with E-state index in [1.165, 1.54) is 0 Å². The molecule has 5 heteroatoms. The SMILES string of the molecule is CC(C(=O)N1CCSCC1)C1CNC1.Cl. The lowest BCUT2D eigenvalue weighted by atomic mass is 9.88. The smallest absolute Gasteiger partial charge is 0.225 e. The first-order chi connectivity index (χ1) is 6.79. The van der Waals surface area contributed by atoms with Gasteiger partial charge in [-0.25, -0.2) is 0 Å². The fraction of sp³-hybridized carbons (Fsp3) is 0.900. The highest BCUT2D eigenvalue weighted by molar-refractivity contribution is 7.99. The highest BCUT2D eigenvalue weighted by Gasteiger charge is 2.31. The van der Waals surface area contributed by atoms with Gasteiger partial charge in [0.2, 0.25) is 5.91 Å². The third-order valence-electron chi connectivity index (χ3n) is 3.23. The first kappa shape index (κ1) is 13.1. The molecule has 0 aliphatic carbocycles. The van der Waals surface area contributed by atoms with E-state index >= 15 is 0 Å². The summed E-state index contributed by atoms with van der Waals surface area (Å²) >= 11 is 1.95. The molecule has 2 fully saturated rings. The van der Waals surface area contributed by atoms with Crippen LogP contribution in [0.2, 0.25) is 0 Å². The molecule has 1 N–H and O–H groups in total. The third kappa shape index (κ3) is 3.02. The predicted molar refractivity (Wildman–Crippen MR) is 66.7 cm³/mol. The van der Waals surface area contributed by atoms with Crippen LogP contribution < -0.4 is 5.32 Å². The molecular formula is C10H19ClN2OS. The summed E-state index contributed by atoms with van der Waals surface area (Å²) in [7, 11) is 0. The van der Waals surface area contributed by atoms with Gasteiger partial charge in [-0.15, -0.1) is 12.4 Å². The Kier molecular flexibility index (Phi) is 5.23. The Morgan fingerprint density at radius 1 is 1.40 bits per heavy atom. The molecule has 2 saturated heterocycles. The minimum Gasteiger partial charge on any atom is -0.341 e. The van der Waals surface area contributed by atoms with Crippen molar-refractivity contribution in [2.75, 3.05) is 37.7 Å². The van der Waals surface area contributed by atoms with Crippen molar-refractivity contribution in [1.82, 2.24) is 10.2 Å². The van der Waals surface area contributed by atoms with Crippen LogP contribution >= 0.6 is 24.2 Å². The van der Waals surface area contributed by atoms with Crippen LogP contribution in [0.1, 0.15) is 6.92 Å². The molecule has 2 aliphatic heterocycles. The van der Waals surface area contributed by atoms with Crippen LogP contribution in [0.5, 0.6) is 0 Å². The molecule has 0 spiro atoms. The van der Waals surface area contributed by atoms with Gasteiger partial charge in [0.15, 0.2) is 0 Å². The maximum Gasteiger partial charge on any atom is 0.225 e. The maximum absolute atomic E-state index is 12.0. The minimum atomic E-state index is 0. The summed E-state index contributed by atoms with van der Waals surface area (Å²) in [5, 5.41) is 3.23. The quantitative estimate of drug-likeness (QED) is 0.789. The van der Waals surface area contributed by atoms with E-state index in [4.69, 9.17) is 0 Å². The first-order valence-electron chi connectivity index (χ1n) is 5.36. The number of carbonyl (C=O) groups excluding carboxylic acids is 1. The van der Waals surface area contributed by atoms with Gasteiger partial charge in [0.1, 0.15) is 0 Å². The van der Waals surface area contributed by atoms with E-state index in [1.54, 1.807) is 0 Å². The van der Waals surface area contributed by atoms with Crippen LogP contribution in [0.3, 0.4) is 0 Å². The van der Waals surface area contributed by atoms with Crippen molar-refractivity contribution in [3.8, 4) is 0 Å². The Balaban J connectivity index is 0.00000112. The van der Waals surface area contributed by atoms with Crippen LogP contribution in [0.15, 0.2) is 0 Å². The van der Waals surface area contributed by atoms with Gasteiger partial charge in [-0.05, 0) is 19.0 Å². The Morgan fingerprint density at radius 3 is 2.47 bits per heavy atom. The molecule has 0 saturated carbocycles. The summed E-state index contributed by atoms with van der Waals surface area (Å²) in [5.74, 6) is 3.40. The van der Waals surface area contributed by atoms with Gasteiger partial charge >= 0.3 is 0 Å². The normalized spacial score (nSPS) is 23.9. The monoisotopic (exact) mass is 250 g/mol. The van der Waals surface area contributed by atoms with Crippen molar-refractivity contribution in [3.63, 3.8) is 0 Å². The van der Waals surface area contributed by atoms with Crippen molar-refractivity contribution in [2.45, 2.75) is 6.92 Å². The minimum absolute atomic E-state index is 0. The topological polar surface area (TPSA) is 32.3 Å². The number of thioether (sulfide) groups is 1. The van der Waals surface area contributed by atoms with E-state index in [0.29, 0.717) is 11.8 Å². The molecule has 0 aromatic carbocycles.